The number of fused-ring (bicyclic) bond motifs is 7. The molecule has 7 aromatic rings. The van der Waals surface area contributed by atoms with Crippen LogP contribution in [-0.4, -0.2) is 12.3 Å². The van der Waals surface area contributed by atoms with Gasteiger partial charge in [-0.2, -0.15) is 0 Å². The maximum absolute atomic E-state index is 2.81. The van der Waals surface area contributed by atoms with Crippen molar-refractivity contribution in [1.82, 2.24) is 0 Å². The highest BCUT2D eigenvalue weighted by Crippen LogP contribution is 2.62. The van der Waals surface area contributed by atoms with Crippen molar-refractivity contribution in [2.75, 3.05) is 14.7 Å². The van der Waals surface area contributed by atoms with Crippen molar-refractivity contribution in [2.24, 2.45) is 0 Å². The zero-order valence-electron chi connectivity index (χ0n) is 44.6. The number of rotatable bonds is 4. The minimum absolute atomic E-state index is 0.0161. The molecule has 2 unspecified atom stereocenters. The van der Waals surface area contributed by atoms with Gasteiger partial charge in [0.1, 0.15) is 0 Å². The molecule has 0 amide bonds. The lowest BCUT2D eigenvalue weighted by molar-refractivity contribution is 0.195. The number of benzene rings is 7. The molecule has 1 saturated carbocycles. The third-order valence-electron chi connectivity index (χ3n) is 17.2. The molecule has 0 saturated heterocycles. The van der Waals surface area contributed by atoms with Crippen LogP contribution in [0.4, 0.5) is 45.5 Å². The van der Waals surface area contributed by atoms with Gasteiger partial charge >= 0.3 is 0 Å². The van der Waals surface area contributed by atoms with Crippen LogP contribution in [0.5, 0.6) is 0 Å². The zero-order chi connectivity index (χ0) is 49.5. The van der Waals surface area contributed by atoms with Gasteiger partial charge in [-0.05, 0) is 157 Å². The van der Waals surface area contributed by atoms with Gasteiger partial charge in [0.2, 0.25) is 0 Å². The molecule has 0 radical (unpaired) electrons. The van der Waals surface area contributed by atoms with Crippen LogP contribution >= 0.6 is 0 Å². The molecule has 11 rings (SSSR count). The summed E-state index contributed by atoms with van der Waals surface area (Å²) >= 11 is 0. The standard InChI is InChI=1S/C66H74BN3/c1-61(2,3)45-26-30-49(31-27-45)68-56-34-29-47(63(7,8)9)39-54(56)67-53-32-28-48(64(10,11)12)40-57(53)69(50-24-20-23-46(38-50)62(4,5)6)59-42-51(41-58(68)60(59)67)70-55-33-25-44(43-21-16-15-17-22-43)37-52(55)65(13)35-18-19-36-66(65,70)14/h15-17,20-34,37-42H,18-19,35-36H2,1-14H3. The zero-order valence-corrected chi connectivity index (χ0v) is 44.6. The Morgan fingerprint density at radius 1 is 0.400 bits per heavy atom. The molecule has 7 aromatic carbocycles. The van der Waals surface area contributed by atoms with Gasteiger partial charge in [-0.15, -0.1) is 0 Å². The maximum Gasteiger partial charge on any atom is 0.252 e. The normalized spacial score (nSPS) is 19.6. The van der Waals surface area contributed by atoms with Crippen molar-refractivity contribution in [1.29, 1.82) is 0 Å². The van der Waals surface area contributed by atoms with E-state index in [1.807, 2.05) is 0 Å². The molecule has 2 atom stereocenters. The van der Waals surface area contributed by atoms with Crippen molar-refractivity contribution in [2.45, 2.75) is 155 Å². The summed E-state index contributed by atoms with van der Waals surface area (Å²) in [6, 6.07) is 57.4. The van der Waals surface area contributed by atoms with Crippen LogP contribution in [-0.2, 0) is 27.1 Å². The second-order valence-corrected chi connectivity index (χ2v) is 25.9. The van der Waals surface area contributed by atoms with Gasteiger partial charge in [0.05, 0.1) is 5.54 Å². The van der Waals surface area contributed by atoms with Gasteiger partial charge in [0, 0.05) is 50.9 Å². The van der Waals surface area contributed by atoms with Crippen molar-refractivity contribution >= 4 is 68.6 Å². The summed E-state index contributed by atoms with van der Waals surface area (Å²) in [5.41, 5.74) is 23.3. The van der Waals surface area contributed by atoms with Crippen molar-refractivity contribution in [3.8, 4) is 11.1 Å². The summed E-state index contributed by atoms with van der Waals surface area (Å²) in [5.74, 6) is 0. The van der Waals surface area contributed by atoms with Crippen molar-refractivity contribution < 1.29 is 0 Å². The summed E-state index contributed by atoms with van der Waals surface area (Å²) in [5, 5.41) is 0. The molecule has 70 heavy (non-hydrogen) atoms. The Balaban J connectivity index is 1.26. The van der Waals surface area contributed by atoms with Crippen molar-refractivity contribution in [3.05, 3.63) is 173 Å². The molecule has 3 aliphatic heterocycles. The van der Waals surface area contributed by atoms with E-state index in [1.165, 1.54) is 114 Å². The number of hydrogen-bond acceptors (Lipinski definition) is 3. The van der Waals surface area contributed by atoms with E-state index in [0.29, 0.717) is 0 Å². The molecule has 4 aliphatic rings. The average Bonchev–Trinajstić information content (AvgIpc) is 3.52. The third-order valence-corrected chi connectivity index (χ3v) is 17.2. The van der Waals surface area contributed by atoms with Crippen LogP contribution in [0, 0.1) is 0 Å². The van der Waals surface area contributed by atoms with E-state index in [-0.39, 0.29) is 39.3 Å². The van der Waals surface area contributed by atoms with Crippen LogP contribution < -0.4 is 31.1 Å². The predicted molar refractivity (Wildman–Crippen MR) is 304 cm³/mol. The summed E-state index contributed by atoms with van der Waals surface area (Å²) < 4.78 is 0. The first-order valence-electron chi connectivity index (χ1n) is 26.3. The molecule has 356 valence electrons. The molecule has 1 fully saturated rings. The fraction of sp³-hybridized carbons (Fsp3) is 0.364. The van der Waals surface area contributed by atoms with Gasteiger partial charge in [-0.25, -0.2) is 0 Å². The topological polar surface area (TPSA) is 9.72 Å². The van der Waals surface area contributed by atoms with Crippen LogP contribution in [0.3, 0.4) is 0 Å². The predicted octanol–water partition coefficient (Wildman–Crippen LogP) is 16.4. The Morgan fingerprint density at radius 2 is 0.971 bits per heavy atom. The molecular weight excluding hydrogens is 846 g/mol. The summed E-state index contributed by atoms with van der Waals surface area (Å²) in [6.07, 6.45) is 4.74. The summed E-state index contributed by atoms with van der Waals surface area (Å²) in [7, 11) is 0. The molecule has 0 N–H and O–H groups in total. The van der Waals surface area contributed by atoms with E-state index < -0.39 is 0 Å². The Hall–Kier alpha value is -6.00. The average molecular weight is 920 g/mol. The van der Waals surface area contributed by atoms with Gasteiger partial charge in [-0.1, -0.05) is 188 Å². The smallest absolute Gasteiger partial charge is 0.252 e. The Labute approximate surface area is 421 Å². The first-order chi connectivity index (χ1) is 33.0. The highest BCUT2D eigenvalue weighted by molar-refractivity contribution is 7.00. The van der Waals surface area contributed by atoms with Gasteiger partial charge < -0.3 is 14.7 Å². The first-order valence-corrected chi connectivity index (χ1v) is 26.3. The Morgan fingerprint density at radius 3 is 1.63 bits per heavy atom. The molecule has 3 heterocycles. The molecule has 0 bridgehead atoms. The largest absolute Gasteiger partial charge is 0.334 e. The van der Waals surface area contributed by atoms with E-state index in [4.69, 9.17) is 0 Å². The van der Waals surface area contributed by atoms with E-state index in [0.717, 1.165) is 12.8 Å². The summed E-state index contributed by atoms with van der Waals surface area (Å²) in [6.45, 7) is 33.3. The fourth-order valence-corrected chi connectivity index (χ4v) is 12.8. The molecule has 1 aliphatic carbocycles. The second-order valence-electron chi connectivity index (χ2n) is 25.9. The fourth-order valence-electron chi connectivity index (χ4n) is 12.8. The quantitative estimate of drug-likeness (QED) is 0.163. The number of hydrogen-bond donors (Lipinski definition) is 0. The third kappa shape index (κ3) is 7.20. The van der Waals surface area contributed by atoms with E-state index in [2.05, 4.69) is 257 Å². The number of anilines is 8. The summed E-state index contributed by atoms with van der Waals surface area (Å²) in [4.78, 5) is 8.10. The molecule has 0 aromatic heterocycles. The SMILES string of the molecule is CC(C)(C)c1ccc(N2c3ccc(C(C)(C)C)cc3B3c4ccc(C(C)(C)C)cc4N(c4cccc(C(C)(C)C)c4)c4cc(N5c6ccc(-c7ccccc7)cc6C6(C)CCCCC56C)cc2c43)cc1. The lowest BCUT2D eigenvalue weighted by Crippen LogP contribution is -2.62. The minimum Gasteiger partial charge on any atom is -0.334 e. The maximum atomic E-state index is 2.81. The second kappa shape index (κ2) is 15.8. The lowest BCUT2D eigenvalue weighted by atomic mass is 9.33. The highest BCUT2D eigenvalue weighted by Gasteiger charge is 2.58. The Kier molecular flexibility index (Phi) is 10.4. The molecule has 3 nitrogen and oxygen atoms in total. The number of nitrogens with zero attached hydrogens (tertiary/aromatic N) is 3. The minimum atomic E-state index is -0.153. The molecule has 0 spiro atoms. The van der Waals surface area contributed by atoms with Crippen molar-refractivity contribution in [3.63, 3.8) is 0 Å². The van der Waals surface area contributed by atoms with Gasteiger partial charge in [-0.3, -0.25) is 0 Å². The van der Waals surface area contributed by atoms with E-state index >= 15 is 0 Å². The van der Waals surface area contributed by atoms with E-state index in [9.17, 15) is 0 Å². The van der Waals surface area contributed by atoms with Crippen LogP contribution in [0.2, 0.25) is 0 Å². The van der Waals surface area contributed by atoms with Gasteiger partial charge in [0.25, 0.3) is 6.71 Å². The monoisotopic (exact) mass is 920 g/mol. The highest BCUT2D eigenvalue weighted by atomic mass is 15.3. The van der Waals surface area contributed by atoms with Crippen LogP contribution in [0.1, 0.15) is 150 Å². The lowest BCUT2D eigenvalue weighted by Gasteiger charge is -2.51. The van der Waals surface area contributed by atoms with E-state index in [1.54, 1.807) is 0 Å². The Bertz CT molecular complexity index is 3190. The first kappa shape index (κ1) is 46.4. The molecule has 4 heteroatoms. The van der Waals surface area contributed by atoms with Gasteiger partial charge in [0.15, 0.2) is 0 Å². The molecular formula is C66H74BN3. The van der Waals surface area contributed by atoms with Crippen LogP contribution in [0.15, 0.2) is 146 Å². The van der Waals surface area contributed by atoms with Crippen LogP contribution in [0.25, 0.3) is 11.1 Å².